The van der Waals surface area contributed by atoms with Crippen molar-refractivity contribution in [3.05, 3.63) is 122 Å². The largest absolute Gasteiger partial charge is 0.545 e. The third-order valence-corrected chi connectivity index (χ3v) is 14.2. The molecule has 0 aromatic heterocycles. The number of carbonyl (C=O) groups is 3. The Bertz CT molecular complexity index is 1780. The van der Waals surface area contributed by atoms with Gasteiger partial charge in [0.2, 0.25) is 0 Å². The highest BCUT2D eigenvalue weighted by Gasteiger charge is 2.22. The van der Waals surface area contributed by atoms with Gasteiger partial charge in [0.25, 0.3) is 0 Å². The molecule has 9 nitrogen and oxygen atoms in total. The Hall–Kier alpha value is -4.31. The van der Waals surface area contributed by atoms with Crippen molar-refractivity contribution in [2.75, 3.05) is 47.5 Å². The molecule has 0 aliphatic carbocycles. The van der Waals surface area contributed by atoms with Crippen molar-refractivity contribution in [2.45, 2.75) is 283 Å². The van der Waals surface area contributed by atoms with Crippen LogP contribution in [-0.4, -0.2) is 82.3 Å². The summed E-state index contributed by atoms with van der Waals surface area (Å²) >= 11 is 0. The lowest BCUT2D eigenvalue weighted by Crippen LogP contribution is -2.44. The summed E-state index contributed by atoms with van der Waals surface area (Å²) in [7, 11) is 5.92. The fourth-order valence-electron chi connectivity index (χ4n) is 9.05. The van der Waals surface area contributed by atoms with Gasteiger partial charge >= 0.3 is 11.9 Å². The first-order valence-electron chi connectivity index (χ1n) is 33.7. The second-order valence-electron chi connectivity index (χ2n) is 23.4. The van der Waals surface area contributed by atoms with Crippen LogP contribution in [0.3, 0.4) is 0 Å². The van der Waals surface area contributed by atoms with Crippen LogP contribution in [0.15, 0.2) is 122 Å². The first-order chi connectivity index (χ1) is 40.6. The molecule has 0 aliphatic rings. The molecule has 0 rings (SSSR count). The number of aliphatic carboxylic acids is 1. The molecule has 2 atom stereocenters. The number of hydrogen-bond donors (Lipinski definition) is 0. The molecule has 0 spiro atoms. The minimum Gasteiger partial charge on any atom is -0.545 e. The molecule has 2 unspecified atom stereocenters. The van der Waals surface area contributed by atoms with Crippen molar-refractivity contribution in [2.24, 2.45) is 0 Å². The number of unbranched alkanes of at least 4 members (excludes halogenated alkanes) is 26. The first kappa shape index (κ1) is 78.7. The van der Waals surface area contributed by atoms with Crippen LogP contribution in [0, 0.1) is 0 Å². The van der Waals surface area contributed by atoms with Gasteiger partial charge in [-0.2, -0.15) is 0 Å². The molecule has 0 N–H and O–H groups in total. The molecule has 0 radical (unpaired) electrons. The number of allylic oxidation sites excluding steroid dienone is 20. The van der Waals surface area contributed by atoms with Gasteiger partial charge in [-0.3, -0.25) is 9.59 Å². The lowest BCUT2D eigenvalue weighted by Gasteiger charge is -2.26. The average molecular weight is 1160 g/mol. The highest BCUT2D eigenvalue weighted by atomic mass is 16.7. The zero-order valence-corrected chi connectivity index (χ0v) is 54.0. The zero-order valence-electron chi connectivity index (χ0n) is 54.0. The second-order valence-corrected chi connectivity index (χ2v) is 23.4. The molecule has 9 heteroatoms. The van der Waals surface area contributed by atoms with Crippen molar-refractivity contribution in [3.8, 4) is 0 Å². The van der Waals surface area contributed by atoms with Gasteiger partial charge in [-0.25, -0.2) is 0 Å². The summed E-state index contributed by atoms with van der Waals surface area (Å²) in [5.74, 6) is -2.29. The summed E-state index contributed by atoms with van der Waals surface area (Å²) in [6, 6.07) is 0. The Labute approximate surface area is 510 Å². The quantitative estimate of drug-likeness (QED) is 0.0195. The predicted molar refractivity (Wildman–Crippen MR) is 352 cm³/mol. The molecule has 0 amide bonds. The monoisotopic (exact) mass is 1160 g/mol. The van der Waals surface area contributed by atoms with E-state index in [4.69, 9.17) is 18.9 Å². The maximum Gasteiger partial charge on any atom is 0.306 e. The lowest BCUT2D eigenvalue weighted by atomic mass is 10.0. The van der Waals surface area contributed by atoms with Gasteiger partial charge in [-0.1, -0.05) is 270 Å². The van der Waals surface area contributed by atoms with E-state index in [1.165, 1.54) is 135 Å². The minimum absolute atomic E-state index is 0.142. The number of esters is 2. The van der Waals surface area contributed by atoms with Crippen molar-refractivity contribution in [3.63, 3.8) is 0 Å². The van der Waals surface area contributed by atoms with Crippen molar-refractivity contribution in [1.29, 1.82) is 0 Å². The molecule has 0 aliphatic heterocycles. The minimum atomic E-state index is -1.63. The third kappa shape index (κ3) is 65.1. The smallest absolute Gasteiger partial charge is 0.306 e. The van der Waals surface area contributed by atoms with Crippen LogP contribution in [-0.2, 0) is 33.3 Å². The van der Waals surface area contributed by atoms with Gasteiger partial charge in [-0.15, -0.1) is 0 Å². The average Bonchev–Trinajstić information content (AvgIpc) is 3.46. The highest BCUT2D eigenvalue weighted by Crippen LogP contribution is 2.16. The maximum absolute atomic E-state index is 12.9. The van der Waals surface area contributed by atoms with Crippen LogP contribution in [0.1, 0.15) is 271 Å². The van der Waals surface area contributed by atoms with E-state index in [2.05, 4.69) is 135 Å². The molecule has 0 fully saturated rings. The Morgan fingerprint density at radius 2 is 0.687 bits per heavy atom. The van der Waals surface area contributed by atoms with Crippen LogP contribution in [0.25, 0.3) is 0 Å². The standard InChI is InChI=1S/C74H125NO8/c1-6-8-10-12-14-16-18-20-22-24-26-28-29-30-31-32-33-34-35-36-37-38-39-40-41-42-43-45-47-49-51-53-55-57-59-61-63-65-72(77)83-70(69-82-74(73(78)79)80-67-66-75(3,4)5)68-81-71(76)64-62-60-58-56-54-52-50-48-46-44-27-25-23-21-19-17-15-13-11-9-7-2/h8,10,14,16,19-22,25-28,30-31,33-34,36-37,39-40,70,74H,6-7,9,11-13,15,17-18,23-24,29,32,35,38,41-69H2,1-5H3/b10-8-,16-14-,21-19-,22-20-,27-25-,28-26-,31-30-,34-33-,37-36-,40-39-. The molecular formula is C74H125NO8. The Kier molecular flexibility index (Phi) is 60.4. The third-order valence-electron chi connectivity index (χ3n) is 14.2. The van der Waals surface area contributed by atoms with E-state index in [-0.39, 0.29) is 38.6 Å². The summed E-state index contributed by atoms with van der Waals surface area (Å²) in [4.78, 5) is 37.4. The molecule has 0 bridgehead atoms. The zero-order chi connectivity index (χ0) is 60.5. The topological polar surface area (TPSA) is 111 Å². The molecule has 0 heterocycles. The first-order valence-corrected chi connectivity index (χ1v) is 33.7. The van der Waals surface area contributed by atoms with Gasteiger partial charge in [0.1, 0.15) is 13.2 Å². The van der Waals surface area contributed by atoms with Gasteiger partial charge in [0.05, 0.1) is 40.3 Å². The number of carboxylic acids is 1. The van der Waals surface area contributed by atoms with E-state index in [0.717, 1.165) is 103 Å². The van der Waals surface area contributed by atoms with Crippen molar-refractivity contribution >= 4 is 17.9 Å². The summed E-state index contributed by atoms with van der Waals surface area (Å²) in [6.07, 6.45) is 86.9. The fraction of sp³-hybridized carbons (Fsp3) is 0.689. The number of likely N-dealkylation sites (N-methyl/N-ethyl adjacent to an activating group) is 1. The van der Waals surface area contributed by atoms with Crippen LogP contribution >= 0.6 is 0 Å². The fourth-order valence-corrected chi connectivity index (χ4v) is 9.05. The number of carbonyl (C=O) groups excluding carboxylic acids is 3. The van der Waals surface area contributed by atoms with Gasteiger partial charge in [-0.05, 0) is 109 Å². The number of carboxylic acid groups (broad SMARTS) is 1. The number of rotatable bonds is 61. The molecule has 0 saturated heterocycles. The van der Waals surface area contributed by atoms with Crippen LogP contribution in [0.2, 0.25) is 0 Å². The number of quaternary nitrogens is 1. The molecule has 0 saturated carbocycles. The Morgan fingerprint density at radius 3 is 1.02 bits per heavy atom. The number of ether oxygens (including phenoxy) is 4. The molecular weight excluding hydrogens is 1030 g/mol. The highest BCUT2D eigenvalue weighted by molar-refractivity contribution is 5.70. The summed E-state index contributed by atoms with van der Waals surface area (Å²) in [5.41, 5.74) is 0. The summed E-state index contributed by atoms with van der Waals surface area (Å²) in [6.45, 7) is 4.62. The van der Waals surface area contributed by atoms with Gasteiger partial charge in [0.15, 0.2) is 12.4 Å². The van der Waals surface area contributed by atoms with Gasteiger partial charge < -0.3 is 33.3 Å². The van der Waals surface area contributed by atoms with E-state index in [0.29, 0.717) is 17.4 Å². The van der Waals surface area contributed by atoms with Crippen LogP contribution in [0.5, 0.6) is 0 Å². The number of nitrogens with zero attached hydrogens (tertiary/aromatic N) is 1. The van der Waals surface area contributed by atoms with E-state index in [1.807, 2.05) is 21.1 Å². The molecule has 474 valence electrons. The van der Waals surface area contributed by atoms with Crippen LogP contribution < -0.4 is 5.11 Å². The number of hydrogen-bond acceptors (Lipinski definition) is 8. The molecule has 0 aromatic rings. The molecule has 83 heavy (non-hydrogen) atoms. The summed E-state index contributed by atoms with van der Waals surface area (Å²) in [5, 5.41) is 11.8. The lowest BCUT2D eigenvalue weighted by molar-refractivity contribution is -0.870. The van der Waals surface area contributed by atoms with Crippen molar-refractivity contribution < 1.29 is 42.9 Å². The van der Waals surface area contributed by atoms with E-state index < -0.39 is 24.3 Å². The second kappa shape index (κ2) is 63.7. The van der Waals surface area contributed by atoms with E-state index >= 15 is 0 Å². The normalized spacial score (nSPS) is 13.5. The molecule has 0 aromatic carbocycles. The predicted octanol–water partition coefficient (Wildman–Crippen LogP) is 19.5. The van der Waals surface area contributed by atoms with E-state index in [1.54, 1.807) is 0 Å². The summed E-state index contributed by atoms with van der Waals surface area (Å²) < 4.78 is 22.8. The SMILES string of the molecule is CC/C=C\C/C=C\C/C=C\C/C=C\C/C=C\C/C=C\C/C=C\C/C=C\CCCCCCCCCCCCCCC(=O)OC(COC(=O)CCCCCCCCCCC/C=C\C/C=C\CCCCCCC)COC(OCC[N+](C)(C)C)C(=O)[O-]. The maximum atomic E-state index is 12.9. The van der Waals surface area contributed by atoms with E-state index in [9.17, 15) is 19.5 Å². The van der Waals surface area contributed by atoms with Crippen LogP contribution in [0.4, 0.5) is 0 Å². The van der Waals surface area contributed by atoms with Crippen molar-refractivity contribution in [1.82, 2.24) is 0 Å². The Morgan fingerprint density at radius 1 is 0.373 bits per heavy atom. The van der Waals surface area contributed by atoms with Gasteiger partial charge in [0, 0.05) is 12.8 Å². The Balaban J connectivity index is 4.16.